The second-order valence-corrected chi connectivity index (χ2v) is 4.02. The van der Waals surface area contributed by atoms with Gasteiger partial charge in [0.25, 0.3) is 0 Å². The van der Waals surface area contributed by atoms with Crippen molar-refractivity contribution in [3.63, 3.8) is 0 Å². The summed E-state index contributed by atoms with van der Waals surface area (Å²) in [7, 11) is 0. The van der Waals surface area contributed by atoms with Gasteiger partial charge in [0, 0.05) is 0 Å². The van der Waals surface area contributed by atoms with Gasteiger partial charge in [0.05, 0.1) is 17.2 Å². The lowest BCUT2D eigenvalue weighted by molar-refractivity contribution is 0.0696. The first-order valence-electron chi connectivity index (χ1n) is 5.62. The van der Waals surface area contributed by atoms with Gasteiger partial charge in [-0.3, -0.25) is 0 Å². The van der Waals surface area contributed by atoms with Crippen LogP contribution in [0.1, 0.15) is 21.5 Å². The normalized spacial score (nSPS) is 9.68. The number of hydrogen-bond donors (Lipinski definition) is 1. The molecule has 0 aliphatic carbocycles. The maximum absolute atomic E-state index is 10.9. The molecule has 0 aliphatic heterocycles. The van der Waals surface area contributed by atoms with Gasteiger partial charge in [-0.2, -0.15) is 5.26 Å². The molecule has 4 nitrogen and oxygen atoms in total. The first kappa shape index (κ1) is 12.7. The zero-order valence-corrected chi connectivity index (χ0v) is 10.3. The van der Waals surface area contributed by atoms with Crippen molar-refractivity contribution in [3.05, 3.63) is 59.2 Å². The molecule has 0 spiro atoms. The molecule has 0 fully saturated rings. The number of carboxylic acid groups (broad SMARTS) is 1. The molecule has 0 radical (unpaired) electrons. The number of aromatic carboxylic acids is 1. The third kappa shape index (κ3) is 2.90. The van der Waals surface area contributed by atoms with Crippen LogP contribution in [0.2, 0.25) is 0 Å². The van der Waals surface area contributed by atoms with Gasteiger partial charge in [-0.05, 0) is 48.9 Å². The van der Waals surface area contributed by atoms with E-state index in [0.717, 1.165) is 0 Å². The maximum atomic E-state index is 10.9. The van der Waals surface area contributed by atoms with Gasteiger partial charge < -0.3 is 9.84 Å². The van der Waals surface area contributed by atoms with Crippen molar-refractivity contribution in [1.29, 1.82) is 5.26 Å². The van der Waals surface area contributed by atoms with Crippen molar-refractivity contribution in [3.8, 4) is 17.6 Å². The molecule has 2 rings (SSSR count). The summed E-state index contributed by atoms with van der Waals surface area (Å²) in [6.45, 7) is 1.71. The number of nitriles is 1. The fraction of sp³-hybridized carbons (Fsp3) is 0.0667. The summed E-state index contributed by atoms with van der Waals surface area (Å²) in [5, 5.41) is 17.7. The summed E-state index contributed by atoms with van der Waals surface area (Å²) in [5.74, 6) is 0.120. The van der Waals surface area contributed by atoms with Crippen LogP contribution in [0.3, 0.4) is 0 Å². The predicted molar refractivity (Wildman–Crippen MR) is 69.4 cm³/mol. The van der Waals surface area contributed by atoms with Crippen molar-refractivity contribution in [2.24, 2.45) is 0 Å². The van der Waals surface area contributed by atoms with Gasteiger partial charge in [-0.25, -0.2) is 4.79 Å². The molecule has 19 heavy (non-hydrogen) atoms. The standard InChI is InChI=1S/C15H11NO3/c1-10-7-13(5-6-14(10)15(17)18)19-12-4-2-3-11(8-12)9-16/h2-8H,1H3,(H,17,18). The second-order valence-electron chi connectivity index (χ2n) is 4.02. The number of benzene rings is 2. The monoisotopic (exact) mass is 253 g/mol. The highest BCUT2D eigenvalue weighted by Gasteiger charge is 2.08. The number of rotatable bonds is 3. The highest BCUT2D eigenvalue weighted by molar-refractivity contribution is 5.89. The van der Waals surface area contributed by atoms with Crippen LogP contribution in [0.15, 0.2) is 42.5 Å². The predicted octanol–water partition coefficient (Wildman–Crippen LogP) is 3.36. The van der Waals surface area contributed by atoms with Crippen molar-refractivity contribution in [1.82, 2.24) is 0 Å². The number of nitrogens with zero attached hydrogens (tertiary/aromatic N) is 1. The Bertz CT molecular complexity index is 671. The molecule has 0 amide bonds. The van der Waals surface area contributed by atoms with E-state index < -0.39 is 5.97 Å². The van der Waals surface area contributed by atoms with Gasteiger partial charge >= 0.3 is 5.97 Å². The summed E-state index contributed by atoms with van der Waals surface area (Å²) in [5.41, 5.74) is 1.39. The fourth-order valence-corrected chi connectivity index (χ4v) is 1.70. The number of carbonyl (C=O) groups is 1. The molecule has 94 valence electrons. The molecule has 0 unspecified atom stereocenters. The van der Waals surface area contributed by atoms with Crippen LogP contribution in [0, 0.1) is 18.3 Å². The highest BCUT2D eigenvalue weighted by atomic mass is 16.5. The minimum Gasteiger partial charge on any atom is -0.478 e. The highest BCUT2D eigenvalue weighted by Crippen LogP contribution is 2.24. The van der Waals surface area contributed by atoms with Gasteiger partial charge in [0.2, 0.25) is 0 Å². The lowest BCUT2D eigenvalue weighted by Gasteiger charge is -2.08. The minimum atomic E-state index is -0.962. The molecule has 1 N–H and O–H groups in total. The smallest absolute Gasteiger partial charge is 0.335 e. The van der Waals surface area contributed by atoms with Crippen LogP contribution >= 0.6 is 0 Å². The van der Waals surface area contributed by atoms with Crippen LogP contribution in [0.25, 0.3) is 0 Å². The van der Waals surface area contributed by atoms with E-state index in [-0.39, 0.29) is 5.56 Å². The molecule has 0 heterocycles. The van der Waals surface area contributed by atoms with Gasteiger partial charge in [-0.1, -0.05) is 6.07 Å². The Balaban J connectivity index is 2.26. The van der Waals surface area contributed by atoms with Crippen LogP contribution in [0.4, 0.5) is 0 Å². The molecule has 4 heteroatoms. The Morgan fingerprint density at radius 2 is 1.95 bits per heavy atom. The van der Waals surface area contributed by atoms with E-state index in [1.165, 1.54) is 6.07 Å². The molecular formula is C15H11NO3. The molecule has 0 bridgehead atoms. The maximum Gasteiger partial charge on any atom is 0.335 e. The molecule has 0 atom stereocenters. The van der Waals surface area contributed by atoms with E-state index >= 15 is 0 Å². The van der Waals surface area contributed by atoms with Gasteiger partial charge in [-0.15, -0.1) is 0 Å². The summed E-state index contributed by atoms with van der Waals surface area (Å²) in [6, 6.07) is 13.6. The fourth-order valence-electron chi connectivity index (χ4n) is 1.70. The van der Waals surface area contributed by atoms with Crippen LogP contribution < -0.4 is 4.74 Å². The SMILES string of the molecule is Cc1cc(Oc2cccc(C#N)c2)ccc1C(=O)O. The Hall–Kier alpha value is -2.80. The Morgan fingerprint density at radius 1 is 1.21 bits per heavy atom. The minimum absolute atomic E-state index is 0.248. The quantitative estimate of drug-likeness (QED) is 0.910. The van der Waals surface area contributed by atoms with E-state index in [4.69, 9.17) is 15.1 Å². The summed E-state index contributed by atoms with van der Waals surface area (Å²) in [4.78, 5) is 10.9. The van der Waals surface area contributed by atoms with Crippen LogP contribution in [0.5, 0.6) is 11.5 Å². The van der Waals surface area contributed by atoms with E-state index in [1.807, 2.05) is 6.07 Å². The lowest BCUT2D eigenvalue weighted by atomic mass is 10.1. The summed E-state index contributed by atoms with van der Waals surface area (Å²) >= 11 is 0. The first-order valence-corrected chi connectivity index (χ1v) is 5.62. The average Bonchev–Trinajstić information content (AvgIpc) is 2.38. The third-order valence-corrected chi connectivity index (χ3v) is 2.63. The van der Waals surface area contributed by atoms with Gasteiger partial charge in [0.15, 0.2) is 0 Å². The number of ether oxygens (including phenoxy) is 1. The second kappa shape index (κ2) is 5.23. The van der Waals surface area contributed by atoms with Crippen LogP contribution in [-0.4, -0.2) is 11.1 Å². The molecular weight excluding hydrogens is 242 g/mol. The Labute approximate surface area is 110 Å². The van der Waals surface area contributed by atoms with E-state index in [9.17, 15) is 4.79 Å². The lowest BCUT2D eigenvalue weighted by Crippen LogP contribution is -1.99. The van der Waals surface area contributed by atoms with E-state index in [1.54, 1.807) is 43.3 Å². The first-order chi connectivity index (χ1) is 9.10. The Morgan fingerprint density at radius 3 is 2.58 bits per heavy atom. The van der Waals surface area contributed by atoms with Gasteiger partial charge in [0.1, 0.15) is 11.5 Å². The summed E-state index contributed by atoms with van der Waals surface area (Å²) < 4.78 is 5.59. The number of aryl methyl sites for hydroxylation is 1. The Kier molecular flexibility index (Phi) is 3.48. The molecule has 0 saturated heterocycles. The largest absolute Gasteiger partial charge is 0.478 e. The number of hydrogen-bond acceptors (Lipinski definition) is 3. The van der Waals surface area contributed by atoms with Crippen LogP contribution in [-0.2, 0) is 0 Å². The molecule has 0 aromatic heterocycles. The zero-order valence-electron chi connectivity index (χ0n) is 10.3. The van der Waals surface area contributed by atoms with Crippen molar-refractivity contribution >= 4 is 5.97 Å². The van der Waals surface area contributed by atoms with Crippen molar-refractivity contribution in [2.45, 2.75) is 6.92 Å². The number of carboxylic acids is 1. The van der Waals surface area contributed by atoms with E-state index in [0.29, 0.717) is 22.6 Å². The zero-order chi connectivity index (χ0) is 13.8. The van der Waals surface area contributed by atoms with Crippen molar-refractivity contribution < 1.29 is 14.6 Å². The average molecular weight is 253 g/mol. The molecule has 0 saturated carbocycles. The third-order valence-electron chi connectivity index (χ3n) is 2.63. The molecule has 2 aromatic rings. The molecule has 0 aliphatic rings. The molecule has 2 aromatic carbocycles. The summed E-state index contributed by atoms with van der Waals surface area (Å²) in [6.07, 6.45) is 0. The van der Waals surface area contributed by atoms with Crippen molar-refractivity contribution in [2.75, 3.05) is 0 Å². The topological polar surface area (TPSA) is 70.3 Å². The van der Waals surface area contributed by atoms with E-state index in [2.05, 4.69) is 0 Å².